The van der Waals surface area contributed by atoms with Gasteiger partial charge >= 0.3 is 0 Å². The third kappa shape index (κ3) is 5.55. The van der Waals surface area contributed by atoms with E-state index in [-0.39, 0.29) is 17.7 Å². The molecule has 1 aromatic heterocycles. The molecule has 1 N–H and O–H groups in total. The van der Waals surface area contributed by atoms with Gasteiger partial charge in [0, 0.05) is 36.3 Å². The van der Waals surface area contributed by atoms with Gasteiger partial charge < -0.3 is 10.2 Å². The van der Waals surface area contributed by atoms with Crippen LogP contribution < -0.4 is 5.32 Å². The van der Waals surface area contributed by atoms with Gasteiger partial charge in [0.05, 0.1) is 5.02 Å². The molecule has 1 aliphatic rings. The SMILES string of the molecule is O=C(Nc1ccc(Cl)cn1)C1CCN(C(=O)/C=C/c2cccc(Cl)c2)CC1. The summed E-state index contributed by atoms with van der Waals surface area (Å²) in [5, 5.41) is 3.95. The molecular weight excluding hydrogens is 385 g/mol. The number of pyridine rings is 1. The number of rotatable bonds is 4. The number of amides is 2. The Morgan fingerprint density at radius 3 is 2.56 bits per heavy atom. The van der Waals surface area contributed by atoms with Gasteiger partial charge in [0.2, 0.25) is 11.8 Å². The van der Waals surface area contributed by atoms with Crippen LogP contribution in [0.25, 0.3) is 6.08 Å². The minimum atomic E-state index is -0.136. The molecule has 3 rings (SSSR count). The molecule has 0 spiro atoms. The van der Waals surface area contributed by atoms with Crippen molar-refractivity contribution in [3.05, 3.63) is 64.3 Å². The second-order valence-corrected chi connectivity index (χ2v) is 7.21. The van der Waals surface area contributed by atoms with Crippen LogP contribution in [0.3, 0.4) is 0 Å². The van der Waals surface area contributed by atoms with Gasteiger partial charge in [-0.25, -0.2) is 4.98 Å². The van der Waals surface area contributed by atoms with Crippen LogP contribution in [0.4, 0.5) is 5.82 Å². The Morgan fingerprint density at radius 2 is 1.89 bits per heavy atom. The molecule has 5 nitrogen and oxygen atoms in total. The number of benzene rings is 1. The molecule has 0 atom stereocenters. The van der Waals surface area contributed by atoms with E-state index in [0.717, 1.165) is 5.56 Å². The summed E-state index contributed by atoms with van der Waals surface area (Å²) in [6, 6.07) is 10.7. The molecule has 140 valence electrons. The maximum absolute atomic E-state index is 12.4. The summed E-state index contributed by atoms with van der Waals surface area (Å²) < 4.78 is 0. The number of halogens is 2. The first-order valence-corrected chi connectivity index (χ1v) is 9.42. The molecular formula is C20H19Cl2N3O2. The lowest BCUT2D eigenvalue weighted by Gasteiger charge is -2.30. The highest BCUT2D eigenvalue weighted by Crippen LogP contribution is 2.20. The Morgan fingerprint density at radius 1 is 1.11 bits per heavy atom. The molecule has 2 aromatic rings. The van der Waals surface area contributed by atoms with Gasteiger partial charge in [-0.15, -0.1) is 0 Å². The topological polar surface area (TPSA) is 62.3 Å². The maximum Gasteiger partial charge on any atom is 0.246 e. The van der Waals surface area contributed by atoms with E-state index < -0.39 is 0 Å². The van der Waals surface area contributed by atoms with Gasteiger partial charge in [-0.3, -0.25) is 9.59 Å². The number of aromatic nitrogens is 1. The summed E-state index contributed by atoms with van der Waals surface area (Å²) in [6.45, 7) is 1.09. The van der Waals surface area contributed by atoms with Crippen molar-refractivity contribution in [2.24, 2.45) is 5.92 Å². The third-order valence-corrected chi connectivity index (χ3v) is 4.88. The van der Waals surface area contributed by atoms with E-state index in [1.807, 2.05) is 12.1 Å². The van der Waals surface area contributed by atoms with Crippen molar-refractivity contribution in [3.63, 3.8) is 0 Å². The molecule has 0 aliphatic carbocycles. The predicted octanol–water partition coefficient (Wildman–Crippen LogP) is 4.28. The number of carbonyl (C=O) groups is 2. The van der Waals surface area contributed by atoms with E-state index in [9.17, 15) is 9.59 Å². The van der Waals surface area contributed by atoms with Gasteiger partial charge in [0.25, 0.3) is 0 Å². The van der Waals surface area contributed by atoms with Crippen LogP contribution in [0.5, 0.6) is 0 Å². The summed E-state index contributed by atoms with van der Waals surface area (Å²) in [5.74, 6) is 0.204. The van der Waals surface area contributed by atoms with Crippen LogP contribution in [0.2, 0.25) is 10.0 Å². The van der Waals surface area contributed by atoms with Crippen molar-refractivity contribution in [1.82, 2.24) is 9.88 Å². The number of anilines is 1. The number of nitrogens with zero attached hydrogens (tertiary/aromatic N) is 2. The monoisotopic (exact) mass is 403 g/mol. The summed E-state index contributed by atoms with van der Waals surface area (Å²) in [7, 11) is 0. The fourth-order valence-corrected chi connectivity index (χ4v) is 3.23. The van der Waals surface area contributed by atoms with Gasteiger partial charge in [-0.2, -0.15) is 0 Å². The van der Waals surface area contributed by atoms with Gasteiger partial charge in [0.1, 0.15) is 5.82 Å². The zero-order valence-electron chi connectivity index (χ0n) is 14.6. The Labute approximate surface area is 168 Å². The lowest BCUT2D eigenvalue weighted by atomic mass is 9.96. The average molecular weight is 404 g/mol. The molecule has 27 heavy (non-hydrogen) atoms. The number of hydrogen-bond acceptors (Lipinski definition) is 3. The number of nitrogens with one attached hydrogen (secondary N) is 1. The summed E-state index contributed by atoms with van der Waals surface area (Å²) in [4.78, 5) is 30.5. The molecule has 1 fully saturated rings. The Kier molecular flexibility index (Phi) is 6.48. The van der Waals surface area contributed by atoms with Crippen molar-refractivity contribution in [2.75, 3.05) is 18.4 Å². The third-order valence-electron chi connectivity index (χ3n) is 4.42. The average Bonchev–Trinajstić information content (AvgIpc) is 2.68. The maximum atomic E-state index is 12.4. The lowest BCUT2D eigenvalue weighted by Crippen LogP contribution is -2.40. The molecule has 1 saturated heterocycles. The van der Waals surface area contributed by atoms with E-state index in [0.29, 0.717) is 41.8 Å². The highest BCUT2D eigenvalue weighted by atomic mass is 35.5. The first-order chi connectivity index (χ1) is 13.0. The molecule has 0 unspecified atom stereocenters. The first kappa shape index (κ1) is 19.4. The second-order valence-electron chi connectivity index (χ2n) is 6.34. The van der Waals surface area contributed by atoms with E-state index in [1.54, 1.807) is 41.3 Å². The van der Waals surface area contributed by atoms with Crippen LogP contribution in [-0.2, 0) is 9.59 Å². The summed E-state index contributed by atoms with van der Waals surface area (Å²) in [6.07, 6.45) is 6.03. The number of carbonyl (C=O) groups excluding carboxylic acids is 2. The van der Waals surface area contributed by atoms with Crippen LogP contribution in [0, 0.1) is 5.92 Å². The zero-order valence-corrected chi connectivity index (χ0v) is 16.1. The van der Waals surface area contributed by atoms with Crippen molar-refractivity contribution in [3.8, 4) is 0 Å². The van der Waals surface area contributed by atoms with Crippen molar-refractivity contribution < 1.29 is 9.59 Å². The zero-order chi connectivity index (χ0) is 19.2. The fraction of sp³-hybridized carbons (Fsp3) is 0.250. The molecule has 2 heterocycles. The van der Waals surface area contributed by atoms with Crippen molar-refractivity contribution in [1.29, 1.82) is 0 Å². The van der Waals surface area contributed by atoms with E-state index in [4.69, 9.17) is 23.2 Å². The summed E-state index contributed by atoms with van der Waals surface area (Å²) in [5.41, 5.74) is 0.876. The van der Waals surface area contributed by atoms with Crippen LogP contribution in [-0.4, -0.2) is 34.8 Å². The van der Waals surface area contributed by atoms with E-state index >= 15 is 0 Å². The Hall–Kier alpha value is -2.37. The largest absolute Gasteiger partial charge is 0.339 e. The van der Waals surface area contributed by atoms with Crippen LogP contribution in [0.1, 0.15) is 18.4 Å². The predicted molar refractivity (Wildman–Crippen MR) is 108 cm³/mol. The molecule has 0 bridgehead atoms. The van der Waals surface area contributed by atoms with Gasteiger partial charge in [-0.05, 0) is 48.7 Å². The molecule has 1 aromatic carbocycles. The summed E-state index contributed by atoms with van der Waals surface area (Å²) >= 11 is 11.7. The van der Waals surface area contributed by atoms with Gasteiger partial charge in [0.15, 0.2) is 0 Å². The quantitative estimate of drug-likeness (QED) is 0.774. The minimum absolute atomic E-state index is 0.0619. The lowest BCUT2D eigenvalue weighted by molar-refractivity contribution is -0.130. The second kappa shape index (κ2) is 9.02. The molecule has 1 aliphatic heterocycles. The highest BCUT2D eigenvalue weighted by Gasteiger charge is 2.26. The first-order valence-electron chi connectivity index (χ1n) is 8.66. The van der Waals surface area contributed by atoms with Crippen LogP contribution >= 0.6 is 23.2 Å². The standard InChI is InChI=1S/C20H19Cl2N3O2/c21-16-3-1-2-14(12-16)4-7-19(26)25-10-8-15(9-11-25)20(27)24-18-6-5-17(22)13-23-18/h1-7,12-13,15H,8-11H2,(H,23,24,27)/b7-4+. The van der Waals surface area contributed by atoms with E-state index in [2.05, 4.69) is 10.3 Å². The fourth-order valence-electron chi connectivity index (χ4n) is 2.92. The molecule has 0 radical (unpaired) electrons. The van der Waals surface area contributed by atoms with Crippen molar-refractivity contribution in [2.45, 2.75) is 12.8 Å². The number of likely N-dealkylation sites (tertiary alicyclic amines) is 1. The van der Waals surface area contributed by atoms with E-state index in [1.165, 1.54) is 6.20 Å². The molecule has 0 saturated carbocycles. The highest BCUT2D eigenvalue weighted by molar-refractivity contribution is 6.30. The smallest absolute Gasteiger partial charge is 0.246 e. The van der Waals surface area contributed by atoms with Crippen LogP contribution in [0.15, 0.2) is 48.7 Å². The Bertz CT molecular complexity index is 845. The molecule has 7 heteroatoms. The number of piperidine rings is 1. The Balaban J connectivity index is 1.49. The minimum Gasteiger partial charge on any atom is -0.339 e. The van der Waals surface area contributed by atoms with Gasteiger partial charge in [-0.1, -0.05) is 35.3 Å². The van der Waals surface area contributed by atoms with Crippen molar-refractivity contribution >= 4 is 46.9 Å². The molecule has 2 amide bonds. The normalized spacial score (nSPS) is 15.1. The number of hydrogen-bond donors (Lipinski definition) is 1.